The molecule has 1 amide bonds. The highest BCUT2D eigenvalue weighted by Crippen LogP contribution is 2.24. The quantitative estimate of drug-likeness (QED) is 0.875. The fourth-order valence-electron chi connectivity index (χ4n) is 3.16. The van der Waals surface area contributed by atoms with Crippen molar-refractivity contribution in [3.8, 4) is 0 Å². The molecule has 2 aromatic rings. The molecule has 0 spiro atoms. The molecule has 0 radical (unpaired) electrons. The Balaban J connectivity index is 1.58. The van der Waals surface area contributed by atoms with Crippen molar-refractivity contribution in [3.63, 3.8) is 0 Å². The van der Waals surface area contributed by atoms with Crippen LogP contribution in [0.2, 0.25) is 5.02 Å². The predicted molar refractivity (Wildman–Crippen MR) is 98.9 cm³/mol. The van der Waals surface area contributed by atoms with Crippen molar-refractivity contribution in [3.05, 3.63) is 59.4 Å². The van der Waals surface area contributed by atoms with Crippen LogP contribution in [0.15, 0.2) is 48.5 Å². The Labute approximate surface area is 152 Å². The SMILES string of the molecule is C[C@@H](C(=O)Nc1ccccc1F)[NH+]1CCN(c2ccccc2Cl)CC1. The van der Waals surface area contributed by atoms with Crippen molar-refractivity contribution in [1.82, 2.24) is 0 Å². The summed E-state index contributed by atoms with van der Waals surface area (Å²) in [5.74, 6) is -0.576. The standard InChI is InChI=1S/C19H21ClFN3O/c1-14(19(25)22-17-8-4-3-7-16(17)21)23-10-12-24(13-11-23)18-9-5-2-6-15(18)20/h2-9,14H,10-13H2,1H3,(H,22,25)/p+1/t14-/m0/s1. The lowest BCUT2D eigenvalue weighted by Crippen LogP contribution is -3.19. The van der Waals surface area contributed by atoms with Gasteiger partial charge in [-0.05, 0) is 31.2 Å². The molecule has 1 aliphatic rings. The van der Waals surface area contributed by atoms with Gasteiger partial charge in [0.15, 0.2) is 6.04 Å². The number of carbonyl (C=O) groups is 1. The molecule has 0 bridgehead atoms. The topological polar surface area (TPSA) is 36.8 Å². The molecule has 2 N–H and O–H groups in total. The molecule has 1 heterocycles. The van der Waals surface area contributed by atoms with Gasteiger partial charge in [-0.1, -0.05) is 35.9 Å². The monoisotopic (exact) mass is 362 g/mol. The summed E-state index contributed by atoms with van der Waals surface area (Å²) < 4.78 is 13.7. The van der Waals surface area contributed by atoms with Crippen LogP contribution in [0.4, 0.5) is 15.8 Å². The average Bonchev–Trinajstić information content (AvgIpc) is 2.63. The van der Waals surface area contributed by atoms with Crippen molar-refractivity contribution in [1.29, 1.82) is 0 Å². The van der Waals surface area contributed by atoms with Gasteiger partial charge in [0.25, 0.3) is 5.91 Å². The van der Waals surface area contributed by atoms with E-state index in [0.29, 0.717) is 0 Å². The zero-order valence-corrected chi connectivity index (χ0v) is 14.9. The van der Waals surface area contributed by atoms with Crippen LogP contribution in [0.3, 0.4) is 0 Å². The van der Waals surface area contributed by atoms with Gasteiger partial charge in [-0.3, -0.25) is 4.79 Å². The highest BCUT2D eigenvalue weighted by atomic mass is 35.5. The number of halogens is 2. The maximum Gasteiger partial charge on any atom is 0.282 e. The molecule has 4 nitrogen and oxygen atoms in total. The number of rotatable bonds is 4. The first-order valence-corrected chi connectivity index (χ1v) is 8.83. The Hall–Kier alpha value is -2.11. The fraction of sp³-hybridized carbons (Fsp3) is 0.316. The Kier molecular flexibility index (Phi) is 5.56. The minimum atomic E-state index is -0.415. The molecule has 0 unspecified atom stereocenters. The maximum atomic E-state index is 13.7. The van der Waals surface area contributed by atoms with Gasteiger partial charge in [-0.2, -0.15) is 0 Å². The van der Waals surface area contributed by atoms with E-state index < -0.39 is 5.82 Å². The third-order valence-corrected chi connectivity index (χ3v) is 5.06. The average molecular weight is 363 g/mol. The molecule has 1 saturated heterocycles. The Morgan fingerprint density at radius 1 is 1.16 bits per heavy atom. The van der Waals surface area contributed by atoms with E-state index in [9.17, 15) is 9.18 Å². The normalized spacial score (nSPS) is 16.5. The first kappa shape index (κ1) is 17.7. The first-order valence-electron chi connectivity index (χ1n) is 8.45. The van der Waals surface area contributed by atoms with E-state index in [1.54, 1.807) is 18.2 Å². The number of piperazine rings is 1. The van der Waals surface area contributed by atoms with Crippen LogP contribution in [0.25, 0.3) is 0 Å². The Morgan fingerprint density at radius 2 is 1.80 bits per heavy atom. The molecule has 132 valence electrons. The van der Waals surface area contributed by atoms with Crippen LogP contribution in [0.5, 0.6) is 0 Å². The summed E-state index contributed by atoms with van der Waals surface area (Å²) in [5, 5.41) is 3.44. The zero-order chi connectivity index (χ0) is 17.8. The summed E-state index contributed by atoms with van der Waals surface area (Å²) in [6.07, 6.45) is 0. The summed E-state index contributed by atoms with van der Waals surface area (Å²) in [6, 6.07) is 13.8. The molecule has 2 aromatic carbocycles. The van der Waals surface area contributed by atoms with Gasteiger partial charge in [0.05, 0.1) is 42.6 Å². The number of amides is 1. The van der Waals surface area contributed by atoms with E-state index in [1.807, 2.05) is 31.2 Å². The van der Waals surface area contributed by atoms with Crippen molar-refractivity contribution in [2.75, 3.05) is 36.4 Å². The number of carbonyl (C=O) groups excluding carboxylic acids is 1. The molecule has 25 heavy (non-hydrogen) atoms. The lowest BCUT2D eigenvalue weighted by molar-refractivity contribution is -0.914. The van der Waals surface area contributed by atoms with E-state index in [1.165, 1.54) is 11.0 Å². The highest BCUT2D eigenvalue weighted by Gasteiger charge is 2.30. The third-order valence-electron chi connectivity index (χ3n) is 4.74. The van der Waals surface area contributed by atoms with Gasteiger partial charge < -0.3 is 15.1 Å². The van der Waals surface area contributed by atoms with Gasteiger partial charge in [0.1, 0.15) is 5.82 Å². The summed E-state index contributed by atoms with van der Waals surface area (Å²) in [6.45, 7) is 5.21. The molecule has 1 fully saturated rings. The smallest absolute Gasteiger partial charge is 0.282 e. The zero-order valence-electron chi connectivity index (χ0n) is 14.1. The van der Waals surface area contributed by atoms with Crippen LogP contribution in [0.1, 0.15) is 6.92 Å². The lowest BCUT2D eigenvalue weighted by Gasteiger charge is -2.36. The number of nitrogens with zero attached hydrogens (tertiary/aromatic N) is 1. The molecule has 6 heteroatoms. The second-order valence-corrected chi connectivity index (χ2v) is 6.69. The van der Waals surface area contributed by atoms with Crippen LogP contribution in [-0.2, 0) is 4.79 Å². The number of anilines is 2. The molecule has 0 aromatic heterocycles. The third kappa shape index (κ3) is 4.11. The fourth-order valence-corrected chi connectivity index (χ4v) is 3.42. The van der Waals surface area contributed by atoms with E-state index >= 15 is 0 Å². The second-order valence-electron chi connectivity index (χ2n) is 6.29. The summed E-state index contributed by atoms with van der Waals surface area (Å²) in [5.41, 5.74) is 1.26. The first-order chi connectivity index (χ1) is 12.1. The molecule has 0 saturated carbocycles. The van der Waals surface area contributed by atoms with Crippen molar-refractivity contribution < 1.29 is 14.1 Å². The molecular weight excluding hydrogens is 341 g/mol. The predicted octanol–water partition coefficient (Wildman–Crippen LogP) is 2.21. The number of hydrogen-bond donors (Lipinski definition) is 2. The van der Waals surface area contributed by atoms with Gasteiger partial charge in [0, 0.05) is 0 Å². The van der Waals surface area contributed by atoms with Crippen LogP contribution >= 0.6 is 11.6 Å². The lowest BCUT2D eigenvalue weighted by atomic mass is 10.2. The highest BCUT2D eigenvalue weighted by molar-refractivity contribution is 6.33. The number of para-hydroxylation sites is 2. The number of quaternary nitrogens is 1. The molecule has 1 aliphatic heterocycles. The summed E-state index contributed by atoms with van der Waals surface area (Å²) in [4.78, 5) is 15.9. The van der Waals surface area contributed by atoms with Crippen LogP contribution < -0.4 is 15.1 Å². The van der Waals surface area contributed by atoms with Gasteiger partial charge in [-0.25, -0.2) is 4.39 Å². The minimum absolute atomic E-state index is 0.161. The molecule has 1 atom stereocenters. The number of benzene rings is 2. The largest absolute Gasteiger partial charge is 0.359 e. The molecule has 0 aliphatic carbocycles. The maximum absolute atomic E-state index is 13.7. The van der Waals surface area contributed by atoms with Crippen LogP contribution in [0, 0.1) is 5.82 Å². The van der Waals surface area contributed by atoms with Crippen molar-refractivity contribution in [2.45, 2.75) is 13.0 Å². The van der Waals surface area contributed by atoms with E-state index in [-0.39, 0.29) is 17.6 Å². The summed E-state index contributed by atoms with van der Waals surface area (Å²) >= 11 is 6.26. The van der Waals surface area contributed by atoms with E-state index in [4.69, 9.17) is 11.6 Å². The summed E-state index contributed by atoms with van der Waals surface area (Å²) in [7, 11) is 0. The van der Waals surface area contributed by atoms with E-state index in [0.717, 1.165) is 36.9 Å². The number of nitrogens with one attached hydrogen (secondary N) is 2. The Morgan fingerprint density at radius 3 is 2.48 bits per heavy atom. The second kappa shape index (κ2) is 7.85. The minimum Gasteiger partial charge on any atom is -0.359 e. The van der Waals surface area contributed by atoms with Gasteiger partial charge in [0.2, 0.25) is 0 Å². The van der Waals surface area contributed by atoms with Crippen LogP contribution in [-0.4, -0.2) is 38.1 Å². The van der Waals surface area contributed by atoms with Gasteiger partial charge in [-0.15, -0.1) is 0 Å². The van der Waals surface area contributed by atoms with Crippen molar-refractivity contribution in [2.24, 2.45) is 0 Å². The number of hydrogen-bond acceptors (Lipinski definition) is 2. The Bertz CT molecular complexity index is 747. The van der Waals surface area contributed by atoms with Gasteiger partial charge >= 0.3 is 0 Å². The molecular formula is C19H22ClFN3O+. The van der Waals surface area contributed by atoms with Crippen molar-refractivity contribution >= 4 is 28.9 Å². The van der Waals surface area contributed by atoms with E-state index in [2.05, 4.69) is 10.2 Å². The molecule has 3 rings (SSSR count).